The summed E-state index contributed by atoms with van der Waals surface area (Å²) < 4.78 is 0. The van der Waals surface area contributed by atoms with Crippen molar-refractivity contribution < 1.29 is 14.7 Å². The number of hydrogen-bond donors (Lipinski definition) is 2. The maximum Gasteiger partial charge on any atom is 0.328 e. The Labute approximate surface area is 90.4 Å². The second kappa shape index (κ2) is 5.11. The predicted molar refractivity (Wildman–Crippen MR) is 54.7 cm³/mol. The zero-order valence-corrected chi connectivity index (χ0v) is 8.23. The summed E-state index contributed by atoms with van der Waals surface area (Å²) in [4.78, 5) is 25.0. The highest BCUT2D eigenvalue weighted by molar-refractivity contribution is 6.33. The molecule has 1 aromatic heterocycles. The molecule has 0 saturated heterocycles. The molecule has 0 spiro atoms. The number of carbonyl (C=O) groups excluding carboxylic acids is 1. The summed E-state index contributed by atoms with van der Waals surface area (Å²) in [6.45, 7) is 0. The van der Waals surface area contributed by atoms with Crippen LogP contribution in [-0.4, -0.2) is 22.0 Å². The molecule has 2 N–H and O–H groups in total. The van der Waals surface area contributed by atoms with Crippen molar-refractivity contribution in [1.82, 2.24) is 4.98 Å². The molecule has 1 heterocycles. The van der Waals surface area contributed by atoms with Crippen molar-refractivity contribution >= 4 is 29.3 Å². The van der Waals surface area contributed by atoms with Gasteiger partial charge >= 0.3 is 5.97 Å². The van der Waals surface area contributed by atoms with E-state index in [2.05, 4.69) is 10.3 Å². The maximum atomic E-state index is 11.1. The van der Waals surface area contributed by atoms with Crippen LogP contribution in [0.15, 0.2) is 30.5 Å². The number of carboxylic acid groups (broad SMARTS) is 1. The fraction of sp³-hybridized carbons (Fsp3) is 0. The molecule has 0 aromatic carbocycles. The van der Waals surface area contributed by atoms with E-state index in [0.717, 1.165) is 12.2 Å². The largest absolute Gasteiger partial charge is 0.478 e. The molecule has 6 heteroatoms. The van der Waals surface area contributed by atoms with Gasteiger partial charge in [-0.1, -0.05) is 11.6 Å². The molecule has 0 bridgehead atoms. The number of anilines is 1. The summed E-state index contributed by atoms with van der Waals surface area (Å²) in [6, 6.07) is 3.18. The lowest BCUT2D eigenvalue weighted by Gasteiger charge is -2.01. The highest BCUT2D eigenvalue weighted by atomic mass is 35.5. The van der Waals surface area contributed by atoms with Gasteiger partial charge in [0.15, 0.2) is 5.82 Å². The van der Waals surface area contributed by atoms with Gasteiger partial charge in [-0.05, 0) is 12.1 Å². The van der Waals surface area contributed by atoms with Crippen LogP contribution < -0.4 is 5.32 Å². The Kier molecular flexibility index (Phi) is 3.82. The fourth-order valence-electron chi connectivity index (χ4n) is 0.783. The third-order valence-corrected chi connectivity index (χ3v) is 1.68. The quantitative estimate of drug-likeness (QED) is 0.762. The highest BCUT2D eigenvalue weighted by Crippen LogP contribution is 2.16. The second-order valence-electron chi connectivity index (χ2n) is 2.49. The number of rotatable bonds is 3. The lowest BCUT2D eigenvalue weighted by Crippen LogP contribution is -2.10. The van der Waals surface area contributed by atoms with Gasteiger partial charge in [0.1, 0.15) is 0 Å². The second-order valence-corrected chi connectivity index (χ2v) is 2.90. The van der Waals surface area contributed by atoms with Gasteiger partial charge < -0.3 is 10.4 Å². The summed E-state index contributed by atoms with van der Waals surface area (Å²) in [7, 11) is 0. The fourth-order valence-corrected chi connectivity index (χ4v) is 0.952. The van der Waals surface area contributed by atoms with E-state index in [9.17, 15) is 9.59 Å². The Hall–Kier alpha value is -1.88. The van der Waals surface area contributed by atoms with Gasteiger partial charge in [0.25, 0.3) is 0 Å². The van der Waals surface area contributed by atoms with Crippen molar-refractivity contribution in [2.45, 2.75) is 0 Å². The molecule has 0 fully saturated rings. The first-order valence-corrected chi connectivity index (χ1v) is 4.30. The number of amides is 1. The summed E-state index contributed by atoms with van der Waals surface area (Å²) in [6.07, 6.45) is 3.07. The van der Waals surface area contributed by atoms with Crippen LogP contribution in [0, 0.1) is 0 Å². The SMILES string of the molecule is O=C(O)/C=C/C(=O)Nc1ncccc1Cl. The number of aliphatic carboxylic acids is 1. The van der Waals surface area contributed by atoms with E-state index < -0.39 is 11.9 Å². The Morgan fingerprint density at radius 2 is 2.20 bits per heavy atom. The molecule has 0 saturated carbocycles. The summed E-state index contributed by atoms with van der Waals surface area (Å²) in [5.74, 6) is -1.60. The number of hydrogen-bond acceptors (Lipinski definition) is 3. The Morgan fingerprint density at radius 1 is 1.47 bits per heavy atom. The number of pyridine rings is 1. The van der Waals surface area contributed by atoms with Gasteiger partial charge in [-0.25, -0.2) is 9.78 Å². The number of nitrogens with zero attached hydrogens (tertiary/aromatic N) is 1. The van der Waals surface area contributed by atoms with Crippen LogP contribution in [0.1, 0.15) is 0 Å². The van der Waals surface area contributed by atoms with E-state index in [0.29, 0.717) is 0 Å². The van der Waals surface area contributed by atoms with E-state index in [4.69, 9.17) is 16.7 Å². The minimum absolute atomic E-state index is 0.194. The van der Waals surface area contributed by atoms with E-state index in [1.165, 1.54) is 6.20 Å². The smallest absolute Gasteiger partial charge is 0.328 e. The van der Waals surface area contributed by atoms with E-state index in [-0.39, 0.29) is 10.8 Å². The molecule has 15 heavy (non-hydrogen) atoms. The maximum absolute atomic E-state index is 11.1. The van der Waals surface area contributed by atoms with Crippen LogP contribution in [0.4, 0.5) is 5.82 Å². The highest BCUT2D eigenvalue weighted by Gasteiger charge is 2.03. The lowest BCUT2D eigenvalue weighted by atomic mass is 10.4. The van der Waals surface area contributed by atoms with Crippen molar-refractivity contribution in [3.05, 3.63) is 35.5 Å². The molecule has 0 aliphatic rings. The minimum Gasteiger partial charge on any atom is -0.478 e. The average molecular weight is 227 g/mol. The molecule has 1 rings (SSSR count). The van der Waals surface area contributed by atoms with Crippen molar-refractivity contribution in [3.63, 3.8) is 0 Å². The van der Waals surface area contributed by atoms with Crippen LogP contribution in [0.3, 0.4) is 0 Å². The van der Waals surface area contributed by atoms with E-state index in [1.54, 1.807) is 12.1 Å². The Bertz CT molecular complexity index is 418. The molecule has 0 aliphatic carbocycles. The summed E-state index contributed by atoms with van der Waals surface area (Å²) in [5, 5.41) is 10.9. The standard InChI is InChI=1S/C9H7ClN2O3/c10-6-2-1-5-11-9(6)12-7(13)3-4-8(14)15/h1-5H,(H,14,15)(H,11,12,13)/b4-3+. The van der Waals surface area contributed by atoms with Gasteiger partial charge in [0.2, 0.25) is 5.91 Å². The van der Waals surface area contributed by atoms with Crippen molar-refractivity contribution in [1.29, 1.82) is 0 Å². The third kappa shape index (κ3) is 3.78. The van der Waals surface area contributed by atoms with Crippen LogP contribution >= 0.6 is 11.6 Å². The van der Waals surface area contributed by atoms with Gasteiger partial charge in [-0.3, -0.25) is 4.79 Å². The van der Waals surface area contributed by atoms with E-state index >= 15 is 0 Å². The first-order valence-electron chi connectivity index (χ1n) is 3.92. The topological polar surface area (TPSA) is 79.3 Å². The normalized spacial score (nSPS) is 10.2. The summed E-state index contributed by atoms with van der Waals surface area (Å²) in [5.41, 5.74) is 0. The monoisotopic (exact) mass is 226 g/mol. The van der Waals surface area contributed by atoms with Crippen molar-refractivity contribution in [2.24, 2.45) is 0 Å². The molecular formula is C9H7ClN2O3. The van der Waals surface area contributed by atoms with Crippen LogP contribution in [-0.2, 0) is 9.59 Å². The first kappa shape index (κ1) is 11.2. The zero-order valence-electron chi connectivity index (χ0n) is 7.48. The number of nitrogens with one attached hydrogen (secondary N) is 1. The third-order valence-electron chi connectivity index (χ3n) is 1.38. The molecule has 0 aliphatic heterocycles. The summed E-state index contributed by atoms with van der Waals surface area (Å²) >= 11 is 5.71. The van der Waals surface area contributed by atoms with E-state index in [1.807, 2.05) is 0 Å². The number of carbonyl (C=O) groups is 2. The predicted octanol–water partition coefficient (Wildman–Crippen LogP) is 1.31. The van der Waals surface area contributed by atoms with Gasteiger partial charge in [-0.2, -0.15) is 0 Å². The van der Waals surface area contributed by atoms with Gasteiger partial charge in [0.05, 0.1) is 5.02 Å². The van der Waals surface area contributed by atoms with Crippen LogP contribution in [0.2, 0.25) is 5.02 Å². The van der Waals surface area contributed by atoms with Crippen LogP contribution in [0.5, 0.6) is 0 Å². The minimum atomic E-state index is -1.20. The Balaban J connectivity index is 2.67. The molecule has 0 atom stereocenters. The Morgan fingerprint density at radius 3 is 2.80 bits per heavy atom. The number of carboxylic acids is 1. The van der Waals surface area contributed by atoms with Crippen molar-refractivity contribution in [3.8, 4) is 0 Å². The van der Waals surface area contributed by atoms with Gasteiger partial charge in [-0.15, -0.1) is 0 Å². The average Bonchev–Trinajstić information content (AvgIpc) is 2.18. The molecule has 0 radical (unpaired) electrons. The molecule has 78 valence electrons. The van der Waals surface area contributed by atoms with Gasteiger partial charge in [0, 0.05) is 18.3 Å². The first-order chi connectivity index (χ1) is 7.09. The zero-order chi connectivity index (χ0) is 11.3. The number of aromatic nitrogens is 1. The molecular weight excluding hydrogens is 220 g/mol. The molecule has 1 aromatic rings. The lowest BCUT2D eigenvalue weighted by molar-refractivity contribution is -0.131. The number of halogens is 1. The van der Waals surface area contributed by atoms with Crippen molar-refractivity contribution in [2.75, 3.05) is 5.32 Å². The molecule has 0 unspecified atom stereocenters. The molecule has 5 nitrogen and oxygen atoms in total. The molecule has 1 amide bonds. The van der Waals surface area contributed by atoms with Crippen LogP contribution in [0.25, 0.3) is 0 Å².